The summed E-state index contributed by atoms with van der Waals surface area (Å²) in [5, 5.41) is 9.09. The molecule has 0 saturated carbocycles. The largest absolute Gasteiger partial charge is 0.342 e. The van der Waals surface area contributed by atoms with Crippen molar-refractivity contribution in [2.45, 2.75) is 39.0 Å². The zero-order chi connectivity index (χ0) is 25.0. The van der Waals surface area contributed by atoms with E-state index in [2.05, 4.69) is 53.1 Å². The van der Waals surface area contributed by atoms with Crippen LogP contribution in [0.5, 0.6) is 0 Å². The van der Waals surface area contributed by atoms with Gasteiger partial charge in [0.25, 0.3) is 0 Å². The highest BCUT2D eigenvalue weighted by Gasteiger charge is 2.50. The zero-order valence-corrected chi connectivity index (χ0v) is 20.4. The molecule has 0 bridgehead atoms. The van der Waals surface area contributed by atoms with E-state index in [4.69, 9.17) is 16.2 Å². The van der Waals surface area contributed by atoms with Gasteiger partial charge < -0.3 is 9.32 Å². The Morgan fingerprint density at radius 3 is 2.50 bits per heavy atom. The topological polar surface area (TPSA) is 78.2 Å². The summed E-state index contributed by atoms with van der Waals surface area (Å²) in [6.45, 7) is 13.9. The van der Waals surface area contributed by atoms with Crippen LogP contribution in [0.25, 0.3) is 33.2 Å². The maximum Gasteiger partial charge on any atom is 0.226 e. The molecule has 178 valence electrons. The van der Waals surface area contributed by atoms with Gasteiger partial charge in [-0.05, 0) is 49.9 Å². The number of fused-ring (bicyclic) bond motifs is 3. The average Bonchev–Trinajstić information content (AvgIpc) is 3.56. The Hall–Kier alpha value is -4.31. The molecule has 2 heterocycles. The Morgan fingerprint density at radius 1 is 1.11 bits per heavy atom. The Bertz CT molecular complexity index is 1540. The summed E-state index contributed by atoms with van der Waals surface area (Å²) in [5.74, 6) is 0.359. The van der Waals surface area contributed by atoms with Crippen molar-refractivity contribution >= 4 is 5.78 Å². The van der Waals surface area contributed by atoms with E-state index in [0.717, 1.165) is 41.0 Å². The SMILES string of the molecule is [C-]#[N+]C1=C[C@@]2(C)c3c(c(-c4ccc(C)cc4)nn3-c3ccc(-c4ncon4)cc3)CC[C@@H]2[C@@H](C)C1=O. The normalized spacial score (nSPS) is 22.9. The van der Waals surface area contributed by atoms with Gasteiger partial charge in [-0.3, -0.25) is 0 Å². The van der Waals surface area contributed by atoms with Crippen LogP contribution in [0.4, 0.5) is 0 Å². The first-order valence-corrected chi connectivity index (χ1v) is 12.1. The van der Waals surface area contributed by atoms with E-state index in [0.29, 0.717) is 5.82 Å². The molecule has 7 heteroatoms. The lowest BCUT2D eigenvalue weighted by Crippen LogP contribution is -2.46. The quantitative estimate of drug-likeness (QED) is 0.353. The molecule has 0 unspecified atom stereocenters. The summed E-state index contributed by atoms with van der Waals surface area (Å²) in [4.78, 5) is 20.7. The number of Topliss-reactive ketones (excluding diaryl/α,β-unsaturated/α-hetero) is 1. The lowest BCUT2D eigenvalue weighted by molar-refractivity contribution is -0.121. The molecule has 2 aliphatic carbocycles. The lowest BCUT2D eigenvalue weighted by atomic mass is 9.58. The molecule has 0 N–H and O–H groups in total. The van der Waals surface area contributed by atoms with Crippen molar-refractivity contribution < 1.29 is 9.32 Å². The minimum absolute atomic E-state index is 0.0507. The highest BCUT2D eigenvalue weighted by Crippen LogP contribution is 2.52. The van der Waals surface area contributed by atoms with Crippen molar-refractivity contribution in [1.29, 1.82) is 0 Å². The summed E-state index contributed by atoms with van der Waals surface area (Å²) >= 11 is 0. The molecule has 0 aliphatic heterocycles. The molecule has 2 aliphatic rings. The number of hydrogen-bond donors (Lipinski definition) is 0. The highest BCUT2D eigenvalue weighted by atomic mass is 16.5. The van der Waals surface area contributed by atoms with Gasteiger partial charge in [-0.1, -0.05) is 54.9 Å². The molecule has 0 amide bonds. The number of benzene rings is 2. The average molecular weight is 476 g/mol. The van der Waals surface area contributed by atoms with Gasteiger partial charge in [-0.15, -0.1) is 0 Å². The summed E-state index contributed by atoms with van der Waals surface area (Å²) in [6, 6.07) is 16.3. The number of aryl methyl sites for hydroxylation is 1. The maximum atomic E-state index is 12.9. The van der Waals surface area contributed by atoms with Gasteiger partial charge in [0.15, 0.2) is 5.78 Å². The van der Waals surface area contributed by atoms with Gasteiger partial charge in [0, 0.05) is 28.0 Å². The van der Waals surface area contributed by atoms with E-state index in [9.17, 15) is 4.79 Å². The molecule has 4 aromatic rings. The third kappa shape index (κ3) is 3.25. The van der Waals surface area contributed by atoms with Crippen LogP contribution in [0.2, 0.25) is 0 Å². The molecule has 0 saturated heterocycles. The fraction of sp³-hybridized carbons (Fsp3) is 0.276. The molecular weight excluding hydrogens is 450 g/mol. The van der Waals surface area contributed by atoms with Crippen molar-refractivity contribution in [1.82, 2.24) is 19.9 Å². The Kier molecular flexibility index (Phi) is 5.01. The predicted octanol–water partition coefficient (Wildman–Crippen LogP) is 5.74. The van der Waals surface area contributed by atoms with Gasteiger partial charge in [0.2, 0.25) is 17.9 Å². The molecule has 6 rings (SSSR count). The van der Waals surface area contributed by atoms with E-state index in [1.165, 1.54) is 17.5 Å². The second-order valence-electron chi connectivity index (χ2n) is 9.98. The van der Waals surface area contributed by atoms with Crippen molar-refractivity contribution in [3.05, 3.63) is 94.9 Å². The van der Waals surface area contributed by atoms with E-state index in [1.54, 1.807) is 0 Å². The Balaban J connectivity index is 1.58. The van der Waals surface area contributed by atoms with Crippen LogP contribution in [0, 0.1) is 25.3 Å². The second kappa shape index (κ2) is 8.13. The third-order valence-corrected chi connectivity index (χ3v) is 7.85. The van der Waals surface area contributed by atoms with Crippen LogP contribution < -0.4 is 0 Å². The smallest absolute Gasteiger partial charge is 0.226 e. The first kappa shape index (κ1) is 22.2. The molecular formula is C29H25N5O2. The number of nitrogens with zero attached hydrogens (tertiary/aromatic N) is 5. The van der Waals surface area contributed by atoms with Crippen LogP contribution in [-0.4, -0.2) is 25.7 Å². The summed E-state index contributed by atoms with van der Waals surface area (Å²) in [6.07, 6.45) is 4.92. The summed E-state index contributed by atoms with van der Waals surface area (Å²) < 4.78 is 6.91. The molecule has 7 nitrogen and oxygen atoms in total. The first-order chi connectivity index (χ1) is 17.4. The van der Waals surface area contributed by atoms with Crippen molar-refractivity contribution in [2.24, 2.45) is 11.8 Å². The minimum atomic E-state index is -0.497. The fourth-order valence-corrected chi connectivity index (χ4v) is 6.00. The Morgan fingerprint density at radius 2 is 1.83 bits per heavy atom. The summed E-state index contributed by atoms with van der Waals surface area (Å²) in [5.41, 5.74) is 6.94. The third-order valence-electron chi connectivity index (χ3n) is 7.85. The van der Waals surface area contributed by atoms with Crippen LogP contribution in [0.3, 0.4) is 0 Å². The number of hydrogen-bond acceptors (Lipinski definition) is 5. The number of aromatic nitrogens is 4. The number of allylic oxidation sites excluding steroid dienone is 2. The Labute approximate surface area is 209 Å². The molecule has 36 heavy (non-hydrogen) atoms. The van der Waals surface area contributed by atoms with Gasteiger partial charge in [0.05, 0.1) is 23.6 Å². The van der Waals surface area contributed by atoms with Crippen molar-refractivity contribution in [2.75, 3.05) is 0 Å². The summed E-state index contributed by atoms with van der Waals surface area (Å²) in [7, 11) is 0. The molecule has 2 aromatic heterocycles. The number of carbonyl (C=O) groups is 1. The number of carbonyl (C=O) groups excluding carboxylic acids is 1. The molecule has 2 aromatic carbocycles. The second-order valence-corrected chi connectivity index (χ2v) is 9.98. The van der Waals surface area contributed by atoms with Crippen LogP contribution in [0.15, 0.2) is 71.2 Å². The van der Waals surface area contributed by atoms with Crippen molar-refractivity contribution in [3.8, 4) is 28.3 Å². The molecule has 0 fully saturated rings. The van der Waals surface area contributed by atoms with Crippen molar-refractivity contribution in [3.63, 3.8) is 0 Å². The predicted molar refractivity (Wildman–Crippen MR) is 135 cm³/mol. The standard InChI is InChI=1S/C29H25N5O2/c1-17-5-7-19(8-6-17)25-22-13-14-23-18(2)26(35)24(30-4)15-29(23,3)27(22)34(32-25)21-11-9-20(10-12-21)28-31-16-36-33-28/h5-12,15-16,18,23H,13-14H2,1-3H3/t18-,23-,29-/m1/s1. The van der Waals surface area contributed by atoms with Gasteiger partial charge in [-0.25, -0.2) is 9.53 Å². The lowest BCUT2D eigenvalue weighted by Gasteiger charge is -2.45. The van der Waals surface area contributed by atoms with Gasteiger partial charge in [0.1, 0.15) is 0 Å². The molecule has 0 radical (unpaired) electrons. The highest BCUT2D eigenvalue weighted by molar-refractivity contribution is 6.00. The monoisotopic (exact) mass is 475 g/mol. The van der Waals surface area contributed by atoms with Gasteiger partial charge >= 0.3 is 0 Å². The van der Waals surface area contributed by atoms with Crippen LogP contribution in [-0.2, 0) is 16.6 Å². The van der Waals surface area contributed by atoms with E-state index in [-0.39, 0.29) is 23.3 Å². The first-order valence-electron chi connectivity index (χ1n) is 12.1. The van der Waals surface area contributed by atoms with E-state index < -0.39 is 5.41 Å². The molecule has 0 spiro atoms. The minimum Gasteiger partial charge on any atom is -0.342 e. The fourth-order valence-electron chi connectivity index (χ4n) is 6.00. The van der Waals surface area contributed by atoms with E-state index in [1.807, 2.05) is 41.9 Å². The van der Waals surface area contributed by atoms with Crippen LogP contribution >= 0.6 is 0 Å². The van der Waals surface area contributed by atoms with Gasteiger partial charge in [-0.2, -0.15) is 10.1 Å². The number of rotatable bonds is 3. The van der Waals surface area contributed by atoms with E-state index >= 15 is 0 Å². The number of ketones is 1. The maximum absolute atomic E-state index is 12.9. The zero-order valence-electron chi connectivity index (χ0n) is 20.4. The molecule has 3 atom stereocenters. The van der Waals surface area contributed by atoms with Crippen LogP contribution in [0.1, 0.15) is 37.1 Å².